The first-order chi connectivity index (χ1) is 5.58. The summed E-state index contributed by atoms with van der Waals surface area (Å²) in [5.74, 6) is -0.334. The normalized spacial score (nSPS) is 23.6. The van der Waals surface area contributed by atoms with Crippen LogP contribution in [0.1, 0.15) is 6.42 Å². The van der Waals surface area contributed by atoms with Crippen LogP contribution in [0.3, 0.4) is 0 Å². The van der Waals surface area contributed by atoms with Crippen LogP contribution in [0.2, 0.25) is 0 Å². The number of rotatable bonds is 3. The quantitative estimate of drug-likeness (QED) is 0.396. The van der Waals surface area contributed by atoms with E-state index in [-0.39, 0.29) is 63.2 Å². The van der Waals surface area contributed by atoms with Gasteiger partial charge in [-0.2, -0.15) is 0 Å². The summed E-state index contributed by atoms with van der Waals surface area (Å²) in [5, 5.41) is 3.05. The van der Waals surface area contributed by atoms with Crippen molar-refractivity contribution in [2.75, 3.05) is 25.4 Å². The largest absolute Gasteiger partial charge is 1.00 e. The van der Waals surface area contributed by atoms with Crippen LogP contribution >= 0.6 is 0 Å². The van der Waals surface area contributed by atoms with Gasteiger partial charge in [0.25, 0.3) is 0 Å². The Morgan fingerprint density at radius 1 is 1.54 bits per heavy atom. The molecular formula is C6H12KNO4S. The van der Waals surface area contributed by atoms with Crippen molar-refractivity contribution in [2.45, 2.75) is 12.5 Å². The minimum atomic E-state index is -4.08. The molecule has 1 heterocycles. The number of ether oxygens (including phenoxy) is 1. The Hall–Kier alpha value is 1.47. The SMILES string of the molecule is O=S(=O)([O-])CCC1CNCCO1.[K+]. The van der Waals surface area contributed by atoms with E-state index in [1.165, 1.54) is 0 Å². The van der Waals surface area contributed by atoms with Crippen molar-refractivity contribution in [3.8, 4) is 0 Å². The zero-order valence-electron chi connectivity index (χ0n) is 7.65. The number of nitrogens with one attached hydrogen (secondary N) is 1. The van der Waals surface area contributed by atoms with Gasteiger partial charge in [0, 0.05) is 18.8 Å². The van der Waals surface area contributed by atoms with Gasteiger partial charge < -0.3 is 14.6 Å². The van der Waals surface area contributed by atoms with E-state index < -0.39 is 10.1 Å². The molecule has 1 N–H and O–H groups in total. The van der Waals surface area contributed by atoms with E-state index in [9.17, 15) is 13.0 Å². The Balaban J connectivity index is 0.00000144. The minimum Gasteiger partial charge on any atom is -0.748 e. The van der Waals surface area contributed by atoms with Gasteiger partial charge >= 0.3 is 51.4 Å². The maximum atomic E-state index is 10.2. The van der Waals surface area contributed by atoms with Crippen LogP contribution in [0, 0.1) is 0 Å². The minimum absolute atomic E-state index is 0. The predicted octanol–water partition coefficient (Wildman–Crippen LogP) is -4.09. The molecule has 5 nitrogen and oxygen atoms in total. The Bertz CT molecular complexity index is 225. The molecule has 1 unspecified atom stereocenters. The fourth-order valence-corrected chi connectivity index (χ4v) is 1.63. The van der Waals surface area contributed by atoms with Crippen LogP contribution in [-0.2, 0) is 14.9 Å². The van der Waals surface area contributed by atoms with Crippen molar-refractivity contribution in [2.24, 2.45) is 0 Å². The fourth-order valence-electron chi connectivity index (χ4n) is 1.08. The summed E-state index contributed by atoms with van der Waals surface area (Å²) in [6, 6.07) is 0. The number of morpholine rings is 1. The van der Waals surface area contributed by atoms with Crippen molar-refractivity contribution in [3.05, 3.63) is 0 Å². The monoisotopic (exact) mass is 233 g/mol. The summed E-state index contributed by atoms with van der Waals surface area (Å²) in [5.41, 5.74) is 0. The molecule has 1 aliphatic heterocycles. The average molecular weight is 233 g/mol. The second-order valence-corrected chi connectivity index (χ2v) is 4.27. The van der Waals surface area contributed by atoms with Gasteiger partial charge in [0.15, 0.2) is 0 Å². The van der Waals surface area contributed by atoms with Gasteiger partial charge in [0.1, 0.15) is 0 Å². The topological polar surface area (TPSA) is 78.5 Å². The zero-order chi connectivity index (χ0) is 9.03. The van der Waals surface area contributed by atoms with E-state index in [1.807, 2.05) is 0 Å². The molecule has 72 valence electrons. The van der Waals surface area contributed by atoms with Crippen LogP contribution in [0.5, 0.6) is 0 Å². The first kappa shape index (κ1) is 14.5. The third-order valence-corrected chi connectivity index (χ3v) is 2.43. The third-order valence-electron chi connectivity index (χ3n) is 1.69. The van der Waals surface area contributed by atoms with Gasteiger partial charge in [-0.3, -0.25) is 0 Å². The molecule has 13 heavy (non-hydrogen) atoms. The molecular weight excluding hydrogens is 221 g/mol. The van der Waals surface area contributed by atoms with Gasteiger partial charge in [-0.05, 0) is 6.42 Å². The average Bonchev–Trinajstić information content (AvgIpc) is 2.02. The molecule has 1 saturated heterocycles. The molecule has 0 aromatic heterocycles. The van der Waals surface area contributed by atoms with E-state index >= 15 is 0 Å². The van der Waals surface area contributed by atoms with Crippen molar-refractivity contribution in [1.29, 1.82) is 0 Å². The van der Waals surface area contributed by atoms with Crippen molar-refractivity contribution in [3.63, 3.8) is 0 Å². The van der Waals surface area contributed by atoms with E-state index in [0.717, 1.165) is 6.54 Å². The van der Waals surface area contributed by atoms with E-state index in [2.05, 4.69) is 5.32 Å². The number of hydrogen-bond donors (Lipinski definition) is 1. The van der Waals surface area contributed by atoms with E-state index in [0.29, 0.717) is 19.6 Å². The van der Waals surface area contributed by atoms with E-state index in [4.69, 9.17) is 4.74 Å². The second kappa shape index (κ2) is 6.86. The molecule has 1 atom stereocenters. The standard InChI is InChI=1S/C6H13NO4S.K/c8-12(9,10)4-1-6-5-7-2-3-11-6;/h6-7H,1-5H2,(H,8,9,10);/q;+1/p-1. The van der Waals surface area contributed by atoms with E-state index in [1.54, 1.807) is 0 Å². The van der Waals surface area contributed by atoms with Gasteiger partial charge in [-0.25, -0.2) is 8.42 Å². The Morgan fingerprint density at radius 3 is 2.69 bits per heavy atom. The van der Waals surface area contributed by atoms with Gasteiger partial charge in [-0.15, -0.1) is 0 Å². The molecule has 0 radical (unpaired) electrons. The van der Waals surface area contributed by atoms with Crippen molar-refractivity contribution >= 4 is 10.1 Å². The summed E-state index contributed by atoms with van der Waals surface area (Å²) in [6.45, 7) is 2.01. The van der Waals surface area contributed by atoms with Crippen LogP contribution < -0.4 is 56.7 Å². The molecule has 1 fully saturated rings. The van der Waals surface area contributed by atoms with Crippen LogP contribution in [-0.4, -0.2) is 44.5 Å². The molecule has 7 heteroatoms. The van der Waals surface area contributed by atoms with Gasteiger partial charge in [0.05, 0.1) is 22.8 Å². The molecule has 0 spiro atoms. The summed E-state index contributed by atoms with van der Waals surface area (Å²) in [4.78, 5) is 0. The first-order valence-corrected chi connectivity index (χ1v) is 5.41. The molecule has 0 aromatic carbocycles. The Labute approximate surface area is 121 Å². The smallest absolute Gasteiger partial charge is 0.748 e. The summed E-state index contributed by atoms with van der Waals surface area (Å²) >= 11 is 0. The van der Waals surface area contributed by atoms with Gasteiger partial charge in [-0.1, -0.05) is 0 Å². The van der Waals surface area contributed by atoms with Crippen LogP contribution in [0.25, 0.3) is 0 Å². The molecule has 0 aromatic rings. The number of hydrogen-bond acceptors (Lipinski definition) is 5. The molecule has 0 aliphatic carbocycles. The Kier molecular flexibility index (Phi) is 7.63. The maximum absolute atomic E-state index is 10.2. The van der Waals surface area contributed by atoms with Gasteiger partial charge in [0.2, 0.25) is 0 Å². The van der Waals surface area contributed by atoms with Crippen molar-refractivity contribution in [1.82, 2.24) is 5.32 Å². The van der Waals surface area contributed by atoms with Crippen LogP contribution in [0.4, 0.5) is 0 Å². The molecule has 1 rings (SSSR count). The Morgan fingerprint density at radius 2 is 2.23 bits per heavy atom. The molecule has 0 amide bonds. The third kappa shape index (κ3) is 7.40. The zero-order valence-corrected chi connectivity index (χ0v) is 11.6. The van der Waals surface area contributed by atoms with Crippen molar-refractivity contribution < 1.29 is 69.1 Å². The summed E-state index contributed by atoms with van der Waals surface area (Å²) < 4.78 is 35.9. The fraction of sp³-hybridized carbons (Fsp3) is 1.00. The summed E-state index contributed by atoms with van der Waals surface area (Å²) in [7, 11) is -4.08. The molecule has 0 saturated carbocycles. The first-order valence-electron chi connectivity index (χ1n) is 3.84. The summed E-state index contributed by atoms with van der Waals surface area (Å²) in [6.07, 6.45) is 0.168. The predicted molar refractivity (Wildman–Crippen MR) is 41.8 cm³/mol. The maximum Gasteiger partial charge on any atom is 1.00 e. The van der Waals surface area contributed by atoms with Crippen LogP contribution in [0.15, 0.2) is 0 Å². The molecule has 0 bridgehead atoms. The molecule has 1 aliphatic rings. The second-order valence-electron chi connectivity index (χ2n) is 2.75.